The molecule has 7 heteroatoms. The van der Waals surface area contributed by atoms with Crippen LogP contribution in [0.2, 0.25) is 0 Å². The second kappa shape index (κ2) is 7.26. The number of nitrogens with zero attached hydrogens (tertiary/aromatic N) is 1. The van der Waals surface area contributed by atoms with E-state index in [1.54, 1.807) is 38.4 Å². The minimum Gasteiger partial charge on any atom is -0.459 e. The average Bonchev–Trinajstić information content (AvgIpc) is 3.07. The number of rotatable bonds is 5. The zero-order valence-corrected chi connectivity index (χ0v) is 12.7. The second-order valence-electron chi connectivity index (χ2n) is 4.87. The first-order valence-corrected chi connectivity index (χ1v) is 6.79. The van der Waals surface area contributed by atoms with E-state index in [1.165, 1.54) is 23.3 Å². The molecule has 1 aromatic carbocycles. The molecule has 0 saturated heterocycles. The maximum atomic E-state index is 11.8. The van der Waals surface area contributed by atoms with Crippen LogP contribution in [0.25, 0.3) is 0 Å². The van der Waals surface area contributed by atoms with Crippen LogP contribution in [-0.2, 0) is 9.53 Å². The number of carbonyl (C=O) groups excluding carboxylic acids is 3. The number of hydrogen-bond acceptors (Lipinski definition) is 5. The van der Waals surface area contributed by atoms with Gasteiger partial charge in [-0.3, -0.25) is 9.59 Å². The highest BCUT2D eigenvalue weighted by Gasteiger charge is 2.12. The molecule has 0 saturated carbocycles. The standard InChI is InChI=1S/C16H16N2O5/c1-18(2)14(19)10-23-16(21)11-5-7-12(8-6-11)17-15(20)13-4-3-9-22-13/h3-9H,10H2,1-2H3,(H,17,20). The highest BCUT2D eigenvalue weighted by Crippen LogP contribution is 2.12. The summed E-state index contributed by atoms with van der Waals surface area (Å²) in [5.41, 5.74) is 0.792. The molecule has 0 bridgehead atoms. The first-order valence-electron chi connectivity index (χ1n) is 6.79. The van der Waals surface area contributed by atoms with Gasteiger partial charge in [0.05, 0.1) is 11.8 Å². The van der Waals surface area contributed by atoms with E-state index < -0.39 is 5.97 Å². The highest BCUT2D eigenvalue weighted by atomic mass is 16.5. The van der Waals surface area contributed by atoms with E-state index >= 15 is 0 Å². The van der Waals surface area contributed by atoms with E-state index in [4.69, 9.17) is 9.15 Å². The van der Waals surface area contributed by atoms with Crippen molar-refractivity contribution < 1.29 is 23.5 Å². The number of likely N-dealkylation sites (N-methyl/N-ethyl adjacent to an activating group) is 1. The first kappa shape index (κ1) is 16.3. The number of anilines is 1. The molecule has 0 aliphatic heterocycles. The van der Waals surface area contributed by atoms with Gasteiger partial charge in [0.1, 0.15) is 0 Å². The summed E-state index contributed by atoms with van der Waals surface area (Å²) in [6, 6.07) is 9.28. The number of benzene rings is 1. The second-order valence-corrected chi connectivity index (χ2v) is 4.87. The van der Waals surface area contributed by atoms with Gasteiger partial charge in [-0.15, -0.1) is 0 Å². The summed E-state index contributed by atoms with van der Waals surface area (Å²) in [5.74, 6) is -1.11. The van der Waals surface area contributed by atoms with Gasteiger partial charge in [-0.1, -0.05) is 0 Å². The summed E-state index contributed by atoms with van der Waals surface area (Å²) < 4.78 is 9.88. The fraction of sp³-hybridized carbons (Fsp3) is 0.188. The Bertz CT molecular complexity index is 690. The fourth-order valence-corrected chi connectivity index (χ4v) is 1.63. The maximum Gasteiger partial charge on any atom is 0.338 e. The topological polar surface area (TPSA) is 88.9 Å². The normalized spacial score (nSPS) is 10.0. The molecule has 0 aliphatic carbocycles. The minimum absolute atomic E-state index is 0.190. The van der Waals surface area contributed by atoms with Gasteiger partial charge in [-0.05, 0) is 36.4 Å². The largest absolute Gasteiger partial charge is 0.459 e. The third-order valence-corrected chi connectivity index (χ3v) is 2.95. The highest BCUT2D eigenvalue weighted by molar-refractivity contribution is 6.02. The SMILES string of the molecule is CN(C)C(=O)COC(=O)c1ccc(NC(=O)c2ccco2)cc1. The molecule has 0 atom stereocenters. The van der Waals surface area contributed by atoms with E-state index in [0.717, 1.165) is 0 Å². The Labute approximate surface area is 132 Å². The molecule has 2 amide bonds. The summed E-state index contributed by atoms with van der Waals surface area (Å²) in [5, 5.41) is 2.63. The predicted molar refractivity (Wildman–Crippen MR) is 82.1 cm³/mol. The van der Waals surface area contributed by atoms with Crippen LogP contribution >= 0.6 is 0 Å². The number of hydrogen-bond donors (Lipinski definition) is 1. The molecule has 0 radical (unpaired) electrons. The number of amides is 2. The minimum atomic E-state index is -0.607. The lowest BCUT2D eigenvalue weighted by molar-refractivity contribution is -0.131. The van der Waals surface area contributed by atoms with Crippen molar-refractivity contribution in [3.8, 4) is 0 Å². The van der Waals surface area contributed by atoms with E-state index in [-0.39, 0.29) is 29.7 Å². The summed E-state index contributed by atoms with van der Waals surface area (Å²) in [4.78, 5) is 36.3. The van der Waals surface area contributed by atoms with Crippen molar-refractivity contribution in [2.75, 3.05) is 26.0 Å². The lowest BCUT2D eigenvalue weighted by Crippen LogP contribution is -2.27. The summed E-state index contributed by atoms with van der Waals surface area (Å²) in [6.07, 6.45) is 1.41. The predicted octanol–water partition coefficient (Wildman–Crippen LogP) is 1.78. The van der Waals surface area contributed by atoms with Crippen LogP contribution < -0.4 is 5.32 Å². The summed E-state index contributed by atoms with van der Waals surface area (Å²) >= 11 is 0. The van der Waals surface area contributed by atoms with E-state index in [9.17, 15) is 14.4 Å². The average molecular weight is 316 g/mol. The molecule has 2 aromatic rings. The zero-order chi connectivity index (χ0) is 16.8. The van der Waals surface area contributed by atoms with Gasteiger partial charge in [-0.25, -0.2) is 4.79 Å². The van der Waals surface area contributed by atoms with Crippen LogP contribution in [0.15, 0.2) is 47.1 Å². The molecule has 7 nitrogen and oxygen atoms in total. The maximum absolute atomic E-state index is 11.8. The van der Waals surface area contributed by atoms with Crippen LogP contribution in [0, 0.1) is 0 Å². The Morgan fingerprint density at radius 2 is 1.83 bits per heavy atom. The first-order chi connectivity index (χ1) is 11.0. The van der Waals surface area contributed by atoms with E-state index in [0.29, 0.717) is 5.69 Å². The van der Waals surface area contributed by atoms with Crippen molar-refractivity contribution >= 4 is 23.5 Å². The van der Waals surface area contributed by atoms with Crippen molar-refractivity contribution in [1.82, 2.24) is 4.90 Å². The van der Waals surface area contributed by atoms with Crippen LogP contribution in [0.5, 0.6) is 0 Å². The number of furan rings is 1. The third-order valence-electron chi connectivity index (χ3n) is 2.95. The molecule has 1 aromatic heterocycles. The fourth-order valence-electron chi connectivity index (χ4n) is 1.63. The molecule has 1 heterocycles. The Hall–Kier alpha value is -3.09. The molecule has 0 aliphatic rings. The zero-order valence-electron chi connectivity index (χ0n) is 12.7. The molecule has 0 unspecified atom stereocenters. The monoisotopic (exact) mass is 316 g/mol. The molecule has 23 heavy (non-hydrogen) atoms. The molecule has 1 N–H and O–H groups in total. The third kappa shape index (κ3) is 4.44. The lowest BCUT2D eigenvalue weighted by Gasteiger charge is -2.10. The Morgan fingerprint density at radius 3 is 2.39 bits per heavy atom. The Balaban J connectivity index is 1.92. The van der Waals surface area contributed by atoms with Gasteiger partial charge in [0.2, 0.25) is 0 Å². The summed E-state index contributed by atoms with van der Waals surface area (Å²) in [6.45, 7) is -0.317. The molecule has 2 rings (SSSR count). The Morgan fingerprint density at radius 1 is 1.13 bits per heavy atom. The number of ether oxygens (including phenoxy) is 1. The van der Waals surface area contributed by atoms with Crippen molar-refractivity contribution in [3.05, 3.63) is 54.0 Å². The van der Waals surface area contributed by atoms with Gasteiger partial charge in [0, 0.05) is 19.8 Å². The molecule has 0 spiro atoms. The van der Waals surface area contributed by atoms with E-state index in [1.807, 2.05) is 0 Å². The van der Waals surface area contributed by atoms with Gasteiger partial charge in [0.15, 0.2) is 12.4 Å². The van der Waals surface area contributed by atoms with Gasteiger partial charge < -0.3 is 19.4 Å². The van der Waals surface area contributed by atoms with Crippen molar-refractivity contribution in [2.45, 2.75) is 0 Å². The summed E-state index contributed by atoms with van der Waals surface area (Å²) in [7, 11) is 3.15. The van der Waals surface area contributed by atoms with Crippen LogP contribution in [-0.4, -0.2) is 43.4 Å². The smallest absolute Gasteiger partial charge is 0.338 e. The van der Waals surface area contributed by atoms with Gasteiger partial charge >= 0.3 is 5.97 Å². The van der Waals surface area contributed by atoms with Crippen molar-refractivity contribution in [2.24, 2.45) is 0 Å². The van der Waals surface area contributed by atoms with Crippen molar-refractivity contribution in [1.29, 1.82) is 0 Å². The van der Waals surface area contributed by atoms with Crippen LogP contribution in [0.3, 0.4) is 0 Å². The number of carbonyl (C=O) groups is 3. The van der Waals surface area contributed by atoms with Crippen molar-refractivity contribution in [3.63, 3.8) is 0 Å². The molecule has 0 fully saturated rings. The van der Waals surface area contributed by atoms with E-state index in [2.05, 4.69) is 5.32 Å². The quantitative estimate of drug-likeness (QED) is 0.849. The van der Waals surface area contributed by atoms with Crippen LogP contribution in [0.4, 0.5) is 5.69 Å². The van der Waals surface area contributed by atoms with Crippen LogP contribution in [0.1, 0.15) is 20.9 Å². The van der Waals surface area contributed by atoms with Gasteiger partial charge in [0.25, 0.3) is 11.8 Å². The molecular formula is C16H16N2O5. The molecular weight excluding hydrogens is 300 g/mol. The Kier molecular flexibility index (Phi) is 5.14. The molecule has 120 valence electrons. The number of nitrogens with one attached hydrogen (secondary N) is 1. The number of esters is 1. The van der Waals surface area contributed by atoms with Gasteiger partial charge in [-0.2, -0.15) is 0 Å². The lowest BCUT2D eigenvalue weighted by atomic mass is 10.2.